The van der Waals surface area contributed by atoms with Crippen LogP contribution in [0, 0.1) is 0 Å². The lowest BCUT2D eigenvalue weighted by Crippen LogP contribution is -2.43. The van der Waals surface area contributed by atoms with Crippen LogP contribution in [0.15, 0.2) is 42.1 Å². The van der Waals surface area contributed by atoms with E-state index < -0.39 is 8.07 Å². The highest BCUT2D eigenvalue weighted by atomic mass is 28.3. The zero-order valence-corrected chi connectivity index (χ0v) is 15.7. The second-order valence-corrected chi connectivity index (χ2v) is 10.9. The molecular weight excluding hydrogens is 286 g/mol. The van der Waals surface area contributed by atoms with E-state index in [0.717, 1.165) is 32.4 Å². The van der Waals surface area contributed by atoms with Crippen LogP contribution < -0.4 is 5.19 Å². The summed E-state index contributed by atoms with van der Waals surface area (Å²) in [6.45, 7) is 14.8. The fraction of sp³-hybridized carbons (Fsp3) is 0.526. The molecule has 0 unspecified atom stereocenters. The highest BCUT2D eigenvalue weighted by Crippen LogP contribution is 2.19. The Balaban J connectivity index is 2.42. The Morgan fingerprint density at radius 1 is 1.05 bits per heavy atom. The maximum absolute atomic E-state index is 12.0. The molecule has 0 saturated heterocycles. The number of allylic oxidation sites excluding steroid dienone is 1. The van der Waals surface area contributed by atoms with Crippen LogP contribution in [0.2, 0.25) is 13.1 Å². The van der Waals surface area contributed by atoms with Gasteiger partial charge in [-0.15, -0.1) is 6.58 Å². The van der Waals surface area contributed by atoms with E-state index in [1.165, 1.54) is 10.4 Å². The third-order valence-corrected chi connectivity index (χ3v) is 8.41. The summed E-state index contributed by atoms with van der Waals surface area (Å²) in [5.41, 5.74) is 0. The summed E-state index contributed by atoms with van der Waals surface area (Å²) in [5, 5.41) is 2.83. The minimum Gasteiger partial charge on any atom is -0.343 e. The monoisotopic (exact) mass is 317 g/mol. The molecule has 0 N–H and O–H groups in total. The van der Waals surface area contributed by atoms with Gasteiger partial charge in [0, 0.05) is 19.5 Å². The van der Waals surface area contributed by atoms with Crippen molar-refractivity contribution in [3.8, 4) is 0 Å². The van der Waals surface area contributed by atoms with Gasteiger partial charge in [0.05, 0.1) is 0 Å². The van der Waals surface area contributed by atoms with Crippen molar-refractivity contribution >= 4 is 19.2 Å². The SMILES string of the molecule is C=C(CCCCC(=O)N(CC)CC)[Si](C)(C)c1ccccc1. The van der Waals surface area contributed by atoms with Crippen molar-refractivity contribution in [2.45, 2.75) is 52.6 Å². The van der Waals surface area contributed by atoms with Crippen molar-refractivity contribution in [3.63, 3.8) is 0 Å². The fourth-order valence-electron chi connectivity index (χ4n) is 2.72. The largest absolute Gasteiger partial charge is 0.343 e. The lowest BCUT2D eigenvalue weighted by Gasteiger charge is -2.26. The molecule has 0 aliphatic heterocycles. The van der Waals surface area contributed by atoms with Crippen molar-refractivity contribution in [2.75, 3.05) is 13.1 Å². The quantitative estimate of drug-likeness (QED) is 0.495. The third-order valence-electron chi connectivity index (χ3n) is 4.61. The molecule has 0 aromatic heterocycles. The van der Waals surface area contributed by atoms with Gasteiger partial charge in [-0.25, -0.2) is 0 Å². The second kappa shape index (κ2) is 8.94. The summed E-state index contributed by atoms with van der Waals surface area (Å²) in [4.78, 5) is 13.9. The highest BCUT2D eigenvalue weighted by molar-refractivity contribution is 6.95. The predicted molar refractivity (Wildman–Crippen MR) is 99.1 cm³/mol. The number of benzene rings is 1. The first-order valence-electron chi connectivity index (χ1n) is 8.45. The molecule has 0 radical (unpaired) electrons. The van der Waals surface area contributed by atoms with Crippen molar-refractivity contribution in [1.82, 2.24) is 4.90 Å². The van der Waals surface area contributed by atoms with Crippen LogP contribution in [0.4, 0.5) is 0 Å². The molecule has 3 heteroatoms. The van der Waals surface area contributed by atoms with Gasteiger partial charge in [0.15, 0.2) is 0 Å². The molecule has 1 aromatic rings. The Morgan fingerprint density at radius 3 is 2.14 bits per heavy atom. The molecule has 1 amide bonds. The molecule has 1 rings (SSSR count). The summed E-state index contributed by atoms with van der Waals surface area (Å²) in [6, 6.07) is 10.7. The number of carbonyl (C=O) groups is 1. The highest BCUT2D eigenvalue weighted by Gasteiger charge is 2.26. The van der Waals surface area contributed by atoms with E-state index in [1.54, 1.807) is 0 Å². The van der Waals surface area contributed by atoms with Gasteiger partial charge in [0.1, 0.15) is 8.07 Å². The average Bonchev–Trinajstić information content (AvgIpc) is 2.53. The van der Waals surface area contributed by atoms with Crippen LogP contribution in [-0.2, 0) is 4.79 Å². The smallest absolute Gasteiger partial charge is 0.222 e. The summed E-state index contributed by atoms with van der Waals surface area (Å²) in [6.07, 6.45) is 3.74. The molecule has 0 aliphatic rings. The maximum Gasteiger partial charge on any atom is 0.222 e. The molecule has 0 spiro atoms. The lowest BCUT2D eigenvalue weighted by atomic mass is 10.2. The number of rotatable bonds is 9. The van der Waals surface area contributed by atoms with Crippen LogP contribution in [0.25, 0.3) is 0 Å². The van der Waals surface area contributed by atoms with Crippen LogP contribution in [0.3, 0.4) is 0 Å². The van der Waals surface area contributed by atoms with Gasteiger partial charge in [0.25, 0.3) is 0 Å². The lowest BCUT2D eigenvalue weighted by molar-refractivity contribution is -0.130. The average molecular weight is 318 g/mol. The molecule has 1 aromatic carbocycles. The first-order valence-corrected chi connectivity index (χ1v) is 11.4. The van der Waals surface area contributed by atoms with Gasteiger partial charge in [0.2, 0.25) is 5.91 Å². The van der Waals surface area contributed by atoms with Crippen molar-refractivity contribution in [3.05, 3.63) is 42.1 Å². The minimum absolute atomic E-state index is 0.287. The van der Waals surface area contributed by atoms with E-state index in [9.17, 15) is 4.79 Å². The molecule has 0 aliphatic carbocycles. The number of nitrogens with zero attached hydrogens (tertiary/aromatic N) is 1. The number of hydrogen-bond donors (Lipinski definition) is 0. The Kier molecular flexibility index (Phi) is 7.59. The molecule has 0 heterocycles. The molecule has 2 nitrogen and oxygen atoms in total. The van der Waals surface area contributed by atoms with Crippen LogP contribution >= 0.6 is 0 Å². The Hall–Kier alpha value is -1.35. The Bertz CT molecular complexity index is 477. The van der Waals surface area contributed by atoms with E-state index in [-0.39, 0.29) is 5.91 Å². The number of carbonyl (C=O) groups excluding carboxylic acids is 1. The number of hydrogen-bond acceptors (Lipinski definition) is 1. The van der Waals surface area contributed by atoms with Gasteiger partial charge in [-0.3, -0.25) is 4.79 Å². The van der Waals surface area contributed by atoms with Crippen molar-refractivity contribution < 1.29 is 4.79 Å². The standard InChI is InChI=1S/C19H31NOSi/c1-6-20(7-2)19(21)16-12-11-13-17(3)22(4,5)18-14-9-8-10-15-18/h8-10,14-15H,3,6-7,11-13,16H2,1-2,4-5H3. The molecule has 0 saturated carbocycles. The fourth-order valence-corrected chi connectivity index (χ4v) is 4.96. The van der Waals surface area contributed by atoms with E-state index in [2.05, 4.69) is 50.0 Å². The van der Waals surface area contributed by atoms with E-state index in [0.29, 0.717) is 6.42 Å². The molecule has 0 bridgehead atoms. The van der Waals surface area contributed by atoms with E-state index in [4.69, 9.17) is 0 Å². The summed E-state index contributed by atoms with van der Waals surface area (Å²) >= 11 is 0. The zero-order valence-electron chi connectivity index (χ0n) is 14.7. The number of amides is 1. The van der Waals surface area contributed by atoms with Gasteiger partial charge in [-0.05, 0) is 33.1 Å². The molecule has 22 heavy (non-hydrogen) atoms. The number of unbranched alkanes of at least 4 members (excludes halogenated alkanes) is 1. The molecular formula is C19H31NOSi. The predicted octanol–water partition coefficient (Wildman–Crippen LogP) is 4.13. The second-order valence-electron chi connectivity index (χ2n) is 6.37. The first-order chi connectivity index (χ1) is 10.4. The van der Waals surface area contributed by atoms with Crippen molar-refractivity contribution in [1.29, 1.82) is 0 Å². The summed E-state index contributed by atoms with van der Waals surface area (Å²) in [7, 11) is -1.59. The third kappa shape index (κ3) is 5.13. The Morgan fingerprint density at radius 2 is 1.59 bits per heavy atom. The van der Waals surface area contributed by atoms with Gasteiger partial charge < -0.3 is 4.90 Å². The Labute approximate surface area is 137 Å². The van der Waals surface area contributed by atoms with Gasteiger partial charge in [-0.2, -0.15) is 0 Å². The van der Waals surface area contributed by atoms with E-state index >= 15 is 0 Å². The normalized spacial score (nSPS) is 11.3. The minimum atomic E-state index is -1.59. The molecule has 0 atom stereocenters. The van der Waals surface area contributed by atoms with Crippen LogP contribution in [-0.4, -0.2) is 32.0 Å². The topological polar surface area (TPSA) is 20.3 Å². The van der Waals surface area contributed by atoms with Crippen LogP contribution in [0.1, 0.15) is 39.5 Å². The van der Waals surface area contributed by atoms with Gasteiger partial charge in [-0.1, -0.05) is 53.8 Å². The maximum atomic E-state index is 12.0. The first kappa shape index (κ1) is 18.7. The zero-order chi connectivity index (χ0) is 16.6. The molecule has 0 fully saturated rings. The van der Waals surface area contributed by atoms with E-state index in [1.807, 2.05) is 18.7 Å². The summed E-state index contributed by atoms with van der Waals surface area (Å²) < 4.78 is 0. The van der Waals surface area contributed by atoms with Crippen LogP contribution in [0.5, 0.6) is 0 Å². The molecule has 122 valence electrons. The van der Waals surface area contributed by atoms with Gasteiger partial charge >= 0.3 is 0 Å². The van der Waals surface area contributed by atoms with Crippen molar-refractivity contribution in [2.24, 2.45) is 0 Å². The summed E-state index contributed by atoms with van der Waals surface area (Å²) in [5.74, 6) is 0.287.